The summed E-state index contributed by atoms with van der Waals surface area (Å²) in [4.78, 5) is 14.3. The summed E-state index contributed by atoms with van der Waals surface area (Å²) < 4.78 is 23.3. The number of carbonyl (C=O) groups is 1. The molecule has 1 amide bonds. The normalized spacial score (nSPS) is 35.0. The molecule has 0 bridgehead atoms. The van der Waals surface area contributed by atoms with Gasteiger partial charge in [-0.2, -0.15) is 0 Å². The number of nitrogens with one attached hydrogen (secondary N) is 1. The second-order valence-electron chi connectivity index (χ2n) is 5.87. The maximum atomic E-state index is 11.5. The first-order valence-corrected chi connectivity index (χ1v) is 7.39. The highest BCUT2D eigenvalue weighted by Gasteiger charge is 2.55. The third-order valence-electron chi connectivity index (χ3n) is 3.56. The number of azide groups is 1. The van der Waals surface area contributed by atoms with E-state index in [0.29, 0.717) is 0 Å². The van der Waals surface area contributed by atoms with E-state index in [4.69, 9.17) is 24.5 Å². The van der Waals surface area contributed by atoms with E-state index in [1.54, 1.807) is 19.9 Å². The topological polar surface area (TPSA) is 115 Å². The molecule has 2 heterocycles. The minimum atomic E-state index is -0.836. The Balaban J connectivity index is 2.26. The van der Waals surface area contributed by atoms with Crippen molar-refractivity contribution < 1.29 is 23.7 Å². The van der Waals surface area contributed by atoms with E-state index in [2.05, 4.69) is 21.9 Å². The minimum Gasteiger partial charge on any atom is -0.346 e. The number of fused-ring (bicyclic) bond motifs is 1. The molecule has 128 valence electrons. The van der Waals surface area contributed by atoms with Crippen LogP contribution in [0.5, 0.6) is 0 Å². The van der Waals surface area contributed by atoms with Gasteiger partial charge in [-0.15, -0.1) is 6.58 Å². The number of ether oxygens (including phenoxy) is 4. The fraction of sp³-hybridized carbons (Fsp3) is 0.786. The molecule has 0 spiro atoms. The number of carbonyl (C=O) groups excluding carboxylic acids is 1. The SMILES string of the molecule is C=CCO[C@H]1O[C@H](CN=[N+]=[N-])[C@@H]2OC(C)(C)O[C@@H]2[C@H]1NC(C)=O. The molecule has 0 unspecified atom stereocenters. The van der Waals surface area contributed by atoms with Gasteiger partial charge in [0.2, 0.25) is 5.91 Å². The van der Waals surface area contributed by atoms with Gasteiger partial charge >= 0.3 is 0 Å². The first-order valence-electron chi connectivity index (χ1n) is 7.39. The van der Waals surface area contributed by atoms with Gasteiger partial charge in [-0.05, 0) is 19.4 Å². The monoisotopic (exact) mass is 326 g/mol. The molecule has 2 rings (SSSR count). The van der Waals surface area contributed by atoms with E-state index in [1.807, 2.05) is 0 Å². The predicted molar refractivity (Wildman–Crippen MR) is 80.3 cm³/mol. The van der Waals surface area contributed by atoms with Crippen molar-refractivity contribution in [3.05, 3.63) is 23.1 Å². The summed E-state index contributed by atoms with van der Waals surface area (Å²) in [5.41, 5.74) is 8.55. The van der Waals surface area contributed by atoms with Gasteiger partial charge in [-0.1, -0.05) is 11.2 Å². The van der Waals surface area contributed by atoms with E-state index in [9.17, 15) is 4.79 Å². The lowest BCUT2D eigenvalue weighted by atomic mass is 9.96. The van der Waals surface area contributed by atoms with E-state index < -0.39 is 36.4 Å². The van der Waals surface area contributed by atoms with Crippen molar-refractivity contribution in [1.82, 2.24) is 5.32 Å². The van der Waals surface area contributed by atoms with Gasteiger partial charge in [0.15, 0.2) is 12.1 Å². The lowest BCUT2D eigenvalue weighted by Gasteiger charge is -2.41. The van der Waals surface area contributed by atoms with Crippen molar-refractivity contribution in [2.24, 2.45) is 5.11 Å². The lowest BCUT2D eigenvalue weighted by molar-refractivity contribution is -0.238. The van der Waals surface area contributed by atoms with Gasteiger partial charge in [0.1, 0.15) is 18.2 Å². The average molecular weight is 326 g/mol. The van der Waals surface area contributed by atoms with Crippen molar-refractivity contribution in [2.45, 2.75) is 57.2 Å². The van der Waals surface area contributed by atoms with E-state index in [0.717, 1.165) is 0 Å². The Morgan fingerprint density at radius 1 is 1.48 bits per heavy atom. The molecular weight excluding hydrogens is 304 g/mol. The standard InChI is InChI=1S/C14H22N4O5/c1-5-6-20-13-10(17-8(2)19)12-11(22-14(3,4)23-12)9(21-13)7-16-18-15/h5,9-13H,1,6-7H2,2-4H3,(H,17,19)/t9-,10-,11+,12-,13+/m1/s1. The summed E-state index contributed by atoms with van der Waals surface area (Å²) >= 11 is 0. The largest absolute Gasteiger partial charge is 0.346 e. The number of rotatable bonds is 6. The third-order valence-corrected chi connectivity index (χ3v) is 3.56. The molecule has 9 heteroatoms. The van der Waals surface area contributed by atoms with Crippen LogP contribution in [0.3, 0.4) is 0 Å². The van der Waals surface area contributed by atoms with E-state index >= 15 is 0 Å². The highest BCUT2D eigenvalue weighted by Crippen LogP contribution is 2.37. The Bertz CT molecular complexity index is 505. The summed E-state index contributed by atoms with van der Waals surface area (Å²) in [6.45, 7) is 8.89. The van der Waals surface area contributed by atoms with Crippen LogP contribution in [0.2, 0.25) is 0 Å². The fourth-order valence-electron chi connectivity index (χ4n) is 2.83. The lowest BCUT2D eigenvalue weighted by Crippen LogP contribution is -2.63. The van der Waals surface area contributed by atoms with Crippen LogP contribution >= 0.6 is 0 Å². The molecule has 2 fully saturated rings. The molecule has 0 aliphatic carbocycles. The Hall–Kier alpha value is -1.64. The first-order chi connectivity index (χ1) is 10.9. The second kappa shape index (κ2) is 7.29. The van der Waals surface area contributed by atoms with Gasteiger partial charge in [-0.25, -0.2) is 0 Å². The summed E-state index contributed by atoms with van der Waals surface area (Å²) in [6.07, 6.45) is -0.655. The highest BCUT2D eigenvalue weighted by molar-refractivity contribution is 5.73. The molecule has 9 nitrogen and oxygen atoms in total. The van der Waals surface area contributed by atoms with Crippen molar-refractivity contribution >= 4 is 5.91 Å². The van der Waals surface area contributed by atoms with Crippen LogP contribution in [-0.4, -0.2) is 55.5 Å². The van der Waals surface area contributed by atoms with Gasteiger partial charge in [-0.3, -0.25) is 4.79 Å². The molecule has 0 aromatic rings. The van der Waals surface area contributed by atoms with Crippen molar-refractivity contribution in [1.29, 1.82) is 0 Å². The van der Waals surface area contributed by atoms with Crippen LogP contribution in [0.4, 0.5) is 0 Å². The molecular formula is C14H22N4O5. The minimum absolute atomic E-state index is 0.0812. The highest BCUT2D eigenvalue weighted by atomic mass is 16.8. The number of hydrogen-bond acceptors (Lipinski definition) is 6. The molecule has 1 N–H and O–H groups in total. The van der Waals surface area contributed by atoms with Crippen molar-refractivity contribution in [2.75, 3.05) is 13.2 Å². The number of hydrogen-bond donors (Lipinski definition) is 1. The Morgan fingerprint density at radius 3 is 2.78 bits per heavy atom. The second-order valence-corrected chi connectivity index (χ2v) is 5.87. The van der Waals surface area contributed by atoms with E-state index in [-0.39, 0.29) is 19.1 Å². The van der Waals surface area contributed by atoms with Gasteiger partial charge in [0, 0.05) is 11.8 Å². The summed E-state index contributed by atoms with van der Waals surface area (Å²) in [5, 5.41) is 6.36. The van der Waals surface area contributed by atoms with Crippen LogP contribution in [0.15, 0.2) is 17.8 Å². The molecule has 2 saturated heterocycles. The van der Waals surface area contributed by atoms with Crippen molar-refractivity contribution in [3.8, 4) is 0 Å². The molecule has 2 aliphatic rings. The van der Waals surface area contributed by atoms with Gasteiger partial charge in [0.05, 0.1) is 19.3 Å². The third kappa shape index (κ3) is 4.21. The van der Waals surface area contributed by atoms with Crippen LogP contribution in [0, 0.1) is 0 Å². The Kier molecular flexibility index (Phi) is 5.61. The number of nitrogens with zero attached hydrogens (tertiary/aromatic N) is 3. The molecule has 0 aromatic heterocycles. The van der Waals surface area contributed by atoms with Crippen LogP contribution < -0.4 is 5.32 Å². The zero-order valence-electron chi connectivity index (χ0n) is 13.5. The van der Waals surface area contributed by atoms with Gasteiger partial charge < -0.3 is 24.3 Å². The summed E-state index contributed by atoms with van der Waals surface area (Å²) in [7, 11) is 0. The summed E-state index contributed by atoms with van der Waals surface area (Å²) in [6, 6.07) is -0.540. The van der Waals surface area contributed by atoms with Gasteiger partial charge in [0.25, 0.3) is 0 Å². The molecule has 0 saturated carbocycles. The molecule has 5 atom stereocenters. The molecule has 23 heavy (non-hydrogen) atoms. The number of amides is 1. The maximum Gasteiger partial charge on any atom is 0.217 e. The van der Waals surface area contributed by atoms with Crippen LogP contribution in [0.25, 0.3) is 10.4 Å². The van der Waals surface area contributed by atoms with E-state index in [1.165, 1.54) is 6.92 Å². The van der Waals surface area contributed by atoms with Crippen LogP contribution in [-0.2, 0) is 23.7 Å². The molecule has 0 aromatic carbocycles. The first kappa shape index (κ1) is 17.7. The fourth-order valence-corrected chi connectivity index (χ4v) is 2.83. The summed E-state index contributed by atoms with van der Waals surface area (Å²) in [5.74, 6) is -1.07. The smallest absolute Gasteiger partial charge is 0.217 e. The molecule has 0 radical (unpaired) electrons. The maximum absolute atomic E-state index is 11.5. The zero-order valence-corrected chi connectivity index (χ0v) is 13.5. The Morgan fingerprint density at radius 2 is 2.17 bits per heavy atom. The molecule has 2 aliphatic heterocycles. The predicted octanol–water partition coefficient (Wildman–Crippen LogP) is 1.25. The van der Waals surface area contributed by atoms with Crippen molar-refractivity contribution in [3.63, 3.8) is 0 Å². The van der Waals surface area contributed by atoms with Crippen LogP contribution in [0.1, 0.15) is 20.8 Å². The quantitative estimate of drug-likeness (QED) is 0.341. The average Bonchev–Trinajstić information content (AvgIpc) is 2.80. The Labute approximate surface area is 134 Å². The zero-order chi connectivity index (χ0) is 17.0.